The number of carbonyl (C=O) groups excluding carboxylic acids is 1. The monoisotopic (exact) mass is 351 g/mol. The Hall–Kier alpha value is -3.07. The highest BCUT2D eigenvalue weighted by Gasteiger charge is 2.39. The minimum Gasteiger partial charge on any atom is -0.496 e. The Balaban J connectivity index is 1.69. The van der Waals surface area contributed by atoms with E-state index in [2.05, 4.69) is 21.5 Å². The standard InChI is InChI=1S/C20H21N3O3/c1-3-4-12-20(22-23-20)13-11-18(24)21-19(17-10-7-14-26-17)15-8-5-6-9-16(15)25-2/h1,5-10,14,19H,4,11-13H2,2H3,(H,21,24). The molecule has 0 aliphatic carbocycles. The molecule has 1 aromatic heterocycles. The molecule has 1 N–H and O–H groups in total. The van der Waals surface area contributed by atoms with Gasteiger partial charge in [0.25, 0.3) is 0 Å². The highest BCUT2D eigenvalue weighted by Crippen LogP contribution is 2.38. The van der Waals surface area contributed by atoms with Crippen LogP contribution in [0.3, 0.4) is 0 Å². The Morgan fingerprint density at radius 3 is 2.77 bits per heavy atom. The molecule has 1 atom stereocenters. The minimum atomic E-state index is -0.464. The van der Waals surface area contributed by atoms with Gasteiger partial charge in [-0.05, 0) is 18.2 Å². The van der Waals surface area contributed by atoms with Gasteiger partial charge in [-0.1, -0.05) is 18.2 Å². The number of methoxy groups -OCH3 is 1. The van der Waals surface area contributed by atoms with Gasteiger partial charge in [0.05, 0.1) is 13.4 Å². The van der Waals surface area contributed by atoms with Crippen molar-refractivity contribution in [2.24, 2.45) is 10.2 Å². The molecule has 0 saturated heterocycles. The number of ether oxygens (including phenoxy) is 1. The Kier molecular flexibility index (Phi) is 5.37. The summed E-state index contributed by atoms with van der Waals surface area (Å²) >= 11 is 0. The largest absolute Gasteiger partial charge is 0.496 e. The van der Waals surface area contributed by atoms with E-state index in [1.165, 1.54) is 0 Å². The molecule has 2 aromatic rings. The van der Waals surface area contributed by atoms with Gasteiger partial charge in [-0.25, -0.2) is 0 Å². The van der Waals surface area contributed by atoms with Crippen LogP contribution in [0, 0.1) is 12.3 Å². The number of furan rings is 1. The van der Waals surface area contributed by atoms with E-state index in [9.17, 15) is 4.79 Å². The van der Waals surface area contributed by atoms with Crippen LogP contribution >= 0.6 is 0 Å². The Morgan fingerprint density at radius 2 is 2.12 bits per heavy atom. The molecule has 26 heavy (non-hydrogen) atoms. The summed E-state index contributed by atoms with van der Waals surface area (Å²) < 4.78 is 11.0. The van der Waals surface area contributed by atoms with Gasteiger partial charge in [0, 0.05) is 31.2 Å². The number of terminal acetylenes is 1. The number of hydrogen-bond donors (Lipinski definition) is 1. The molecule has 3 rings (SSSR count). The lowest BCUT2D eigenvalue weighted by molar-refractivity contribution is -0.122. The lowest BCUT2D eigenvalue weighted by atomic mass is 10.0. The van der Waals surface area contributed by atoms with E-state index in [-0.39, 0.29) is 5.91 Å². The smallest absolute Gasteiger partial charge is 0.221 e. The zero-order chi connectivity index (χ0) is 18.4. The average Bonchev–Trinajstić information content (AvgIpc) is 3.23. The second-order valence-electron chi connectivity index (χ2n) is 6.14. The maximum atomic E-state index is 12.6. The number of para-hydroxylation sites is 1. The highest BCUT2D eigenvalue weighted by atomic mass is 16.5. The van der Waals surface area contributed by atoms with Crippen LogP contribution in [0.1, 0.15) is 43.0 Å². The topological polar surface area (TPSA) is 76.2 Å². The van der Waals surface area contributed by atoms with E-state index in [4.69, 9.17) is 15.6 Å². The lowest BCUT2D eigenvalue weighted by Gasteiger charge is -2.20. The van der Waals surface area contributed by atoms with Gasteiger partial charge < -0.3 is 14.5 Å². The second kappa shape index (κ2) is 7.87. The van der Waals surface area contributed by atoms with Gasteiger partial charge in [0.2, 0.25) is 5.91 Å². The lowest BCUT2D eigenvalue weighted by Crippen LogP contribution is -2.30. The summed E-state index contributed by atoms with van der Waals surface area (Å²) in [5.74, 6) is 3.82. The van der Waals surface area contributed by atoms with Crippen LogP contribution in [0.25, 0.3) is 0 Å². The maximum absolute atomic E-state index is 12.6. The predicted molar refractivity (Wildman–Crippen MR) is 96.6 cm³/mol. The summed E-state index contributed by atoms with van der Waals surface area (Å²) in [5, 5.41) is 11.2. The molecule has 2 heterocycles. The molecule has 0 bridgehead atoms. The van der Waals surface area contributed by atoms with Crippen LogP contribution in [0.15, 0.2) is 57.3 Å². The molecule has 134 valence electrons. The number of rotatable bonds is 9. The molecule has 1 amide bonds. The van der Waals surface area contributed by atoms with Crippen LogP contribution in [-0.4, -0.2) is 18.7 Å². The third kappa shape index (κ3) is 4.12. The molecule has 1 unspecified atom stereocenters. The van der Waals surface area contributed by atoms with Crippen molar-refractivity contribution in [1.82, 2.24) is 5.32 Å². The first kappa shape index (κ1) is 17.7. The Morgan fingerprint density at radius 1 is 1.31 bits per heavy atom. The molecule has 0 radical (unpaired) electrons. The third-order valence-corrected chi connectivity index (χ3v) is 4.39. The van der Waals surface area contributed by atoms with Gasteiger partial charge in [-0.2, -0.15) is 10.2 Å². The van der Waals surface area contributed by atoms with E-state index >= 15 is 0 Å². The molecule has 0 spiro atoms. The summed E-state index contributed by atoms with van der Waals surface area (Å²) in [6.07, 6.45) is 9.03. The second-order valence-corrected chi connectivity index (χ2v) is 6.14. The van der Waals surface area contributed by atoms with Crippen LogP contribution in [0.2, 0.25) is 0 Å². The van der Waals surface area contributed by atoms with Crippen molar-refractivity contribution in [3.8, 4) is 18.1 Å². The number of amides is 1. The number of nitrogens with zero attached hydrogens (tertiary/aromatic N) is 2. The molecule has 6 nitrogen and oxygen atoms in total. The quantitative estimate of drug-likeness (QED) is 0.697. The summed E-state index contributed by atoms with van der Waals surface area (Å²) in [4.78, 5) is 12.6. The normalized spacial score (nSPS) is 15.1. The number of carbonyl (C=O) groups is 1. The van der Waals surface area contributed by atoms with Crippen molar-refractivity contribution < 1.29 is 13.9 Å². The fourth-order valence-electron chi connectivity index (χ4n) is 2.88. The Labute approximate surface area is 152 Å². The molecular weight excluding hydrogens is 330 g/mol. The number of nitrogens with one attached hydrogen (secondary N) is 1. The SMILES string of the molecule is C#CCCC1(CCC(=O)NC(c2ccco2)c2ccccc2OC)N=N1. The maximum Gasteiger partial charge on any atom is 0.221 e. The first-order chi connectivity index (χ1) is 12.7. The van der Waals surface area contributed by atoms with Gasteiger partial charge in [-0.3, -0.25) is 4.79 Å². The van der Waals surface area contributed by atoms with Crippen LogP contribution in [-0.2, 0) is 4.79 Å². The van der Waals surface area contributed by atoms with E-state index in [0.29, 0.717) is 37.2 Å². The molecule has 0 saturated carbocycles. The van der Waals surface area contributed by atoms with Gasteiger partial charge in [0.15, 0.2) is 5.66 Å². The summed E-state index contributed by atoms with van der Waals surface area (Å²) in [5.41, 5.74) is 0.370. The van der Waals surface area contributed by atoms with E-state index < -0.39 is 11.7 Å². The van der Waals surface area contributed by atoms with Crippen molar-refractivity contribution in [2.45, 2.75) is 37.4 Å². The molecule has 1 aromatic carbocycles. The zero-order valence-electron chi connectivity index (χ0n) is 14.6. The number of hydrogen-bond acceptors (Lipinski definition) is 5. The van der Waals surface area contributed by atoms with Gasteiger partial charge >= 0.3 is 0 Å². The Bertz CT molecular complexity index is 815. The van der Waals surface area contributed by atoms with Crippen LogP contribution < -0.4 is 10.1 Å². The summed E-state index contributed by atoms with van der Waals surface area (Å²) in [7, 11) is 1.60. The van der Waals surface area contributed by atoms with Crippen molar-refractivity contribution in [3.63, 3.8) is 0 Å². The van der Waals surface area contributed by atoms with Crippen LogP contribution in [0.5, 0.6) is 5.75 Å². The summed E-state index contributed by atoms with van der Waals surface area (Å²) in [6, 6.07) is 10.7. The molecule has 6 heteroatoms. The van der Waals surface area contributed by atoms with Crippen molar-refractivity contribution in [2.75, 3.05) is 7.11 Å². The van der Waals surface area contributed by atoms with Crippen LogP contribution in [0.4, 0.5) is 0 Å². The first-order valence-electron chi connectivity index (χ1n) is 8.51. The zero-order valence-corrected chi connectivity index (χ0v) is 14.6. The van der Waals surface area contributed by atoms with Gasteiger partial charge in [0.1, 0.15) is 17.6 Å². The third-order valence-electron chi connectivity index (χ3n) is 4.39. The minimum absolute atomic E-state index is 0.102. The van der Waals surface area contributed by atoms with Crippen molar-refractivity contribution >= 4 is 5.91 Å². The summed E-state index contributed by atoms with van der Waals surface area (Å²) in [6.45, 7) is 0. The van der Waals surface area contributed by atoms with Crippen molar-refractivity contribution in [3.05, 3.63) is 54.0 Å². The molecule has 1 aliphatic heterocycles. The van der Waals surface area contributed by atoms with E-state index in [0.717, 1.165) is 5.56 Å². The highest BCUT2D eigenvalue weighted by molar-refractivity contribution is 5.77. The fraction of sp³-hybridized carbons (Fsp3) is 0.350. The fourth-order valence-corrected chi connectivity index (χ4v) is 2.88. The molecule has 1 aliphatic rings. The van der Waals surface area contributed by atoms with E-state index in [1.807, 2.05) is 30.3 Å². The molecule has 0 fully saturated rings. The first-order valence-corrected chi connectivity index (χ1v) is 8.51. The average molecular weight is 351 g/mol. The van der Waals surface area contributed by atoms with E-state index in [1.54, 1.807) is 19.4 Å². The molecular formula is C20H21N3O3. The van der Waals surface area contributed by atoms with Crippen molar-refractivity contribution in [1.29, 1.82) is 0 Å². The number of benzene rings is 1. The predicted octanol–water partition coefficient (Wildman–Crippen LogP) is 3.85. The van der Waals surface area contributed by atoms with Gasteiger partial charge in [-0.15, -0.1) is 12.3 Å².